The zero-order valence-electron chi connectivity index (χ0n) is 13.5. The summed E-state index contributed by atoms with van der Waals surface area (Å²) in [6.07, 6.45) is 2.60. The van der Waals surface area contributed by atoms with Crippen LogP contribution in [-0.2, 0) is 16.0 Å². The molecular formula is C17H28N2O2. The first-order valence-corrected chi connectivity index (χ1v) is 7.81. The molecule has 0 aromatic heterocycles. The Hall–Kier alpha value is -1.10. The third-order valence-electron chi connectivity index (χ3n) is 3.87. The van der Waals surface area contributed by atoms with E-state index in [4.69, 9.17) is 9.47 Å². The highest BCUT2D eigenvalue weighted by Crippen LogP contribution is 2.33. The first-order chi connectivity index (χ1) is 10.3. The molecule has 1 aliphatic carbocycles. The van der Waals surface area contributed by atoms with Gasteiger partial charge in [0.1, 0.15) is 0 Å². The van der Waals surface area contributed by atoms with E-state index in [2.05, 4.69) is 35.3 Å². The fraction of sp³-hybridized carbons (Fsp3) is 0.647. The van der Waals surface area contributed by atoms with Crippen LogP contribution < -0.4 is 10.2 Å². The number of benzene rings is 1. The fourth-order valence-electron chi connectivity index (χ4n) is 2.61. The number of hydrogen-bond acceptors (Lipinski definition) is 4. The first kappa shape index (κ1) is 16.3. The van der Waals surface area contributed by atoms with E-state index in [1.807, 2.05) is 0 Å². The standard InChI is InChI=1S/C17H28N2O2/c1-14-4-7-17(15(12-14)13-18-8-10-20-2)19(9-11-21-3)16-5-6-16/h4,7,12,16,18H,5-6,8-11,13H2,1-3H3. The molecule has 1 fully saturated rings. The number of rotatable bonds is 10. The van der Waals surface area contributed by atoms with Crippen molar-refractivity contribution in [3.63, 3.8) is 0 Å². The number of anilines is 1. The second-order valence-electron chi connectivity index (χ2n) is 5.72. The van der Waals surface area contributed by atoms with Crippen LogP contribution in [0.2, 0.25) is 0 Å². The zero-order chi connectivity index (χ0) is 15.1. The molecule has 4 nitrogen and oxygen atoms in total. The molecular weight excluding hydrogens is 264 g/mol. The predicted molar refractivity (Wildman–Crippen MR) is 87.0 cm³/mol. The Bertz CT molecular complexity index is 433. The third-order valence-corrected chi connectivity index (χ3v) is 3.87. The summed E-state index contributed by atoms with van der Waals surface area (Å²) in [5, 5.41) is 3.46. The number of nitrogens with one attached hydrogen (secondary N) is 1. The average Bonchev–Trinajstić information content (AvgIpc) is 3.30. The lowest BCUT2D eigenvalue weighted by atomic mass is 10.1. The SMILES string of the molecule is COCCNCc1cc(C)ccc1N(CCOC)C1CC1. The maximum absolute atomic E-state index is 5.27. The molecule has 21 heavy (non-hydrogen) atoms. The summed E-state index contributed by atoms with van der Waals surface area (Å²) in [7, 11) is 3.51. The summed E-state index contributed by atoms with van der Waals surface area (Å²) in [4.78, 5) is 2.51. The number of methoxy groups -OCH3 is 2. The summed E-state index contributed by atoms with van der Waals surface area (Å²) < 4.78 is 10.4. The lowest BCUT2D eigenvalue weighted by Crippen LogP contribution is -2.31. The van der Waals surface area contributed by atoms with E-state index in [0.717, 1.165) is 32.8 Å². The van der Waals surface area contributed by atoms with Crippen molar-refractivity contribution in [2.75, 3.05) is 45.4 Å². The van der Waals surface area contributed by atoms with Gasteiger partial charge in [-0.15, -0.1) is 0 Å². The van der Waals surface area contributed by atoms with E-state index in [-0.39, 0.29) is 0 Å². The van der Waals surface area contributed by atoms with Gasteiger partial charge < -0.3 is 19.7 Å². The molecule has 0 radical (unpaired) electrons. The van der Waals surface area contributed by atoms with E-state index in [0.29, 0.717) is 6.04 Å². The van der Waals surface area contributed by atoms with Crippen molar-refractivity contribution < 1.29 is 9.47 Å². The van der Waals surface area contributed by atoms with Crippen LogP contribution in [0.1, 0.15) is 24.0 Å². The van der Waals surface area contributed by atoms with Gasteiger partial charge in [0.2, 0.25) is 0 Å². The van der Waals surface area contributed by atoms with Crippen LogP contribution in [0.4, 0.5) is 5.69 Å². The van der Waals surface area contributed by atoms with Gasteiger partial charge in [0.15, 0.2) is 0 Å². The van der Waals surface area contributed by atoms with E-state index < -0.39 is 0 Å². The van der Waals surface area contributed by atoms with Gasteiger partial charge in [-0.3, -0.25) is 0 Å². The Morgan fingerprint density at radius 1 is 1.19 bits per heavy atom. The van der Waals surface area contributed by atoms with Crippen molar-refractivity contribution in [2.24, 2.45) is 0 Å². The molecule has 0 spiro atoms. The van der Waals surface area contributed by atoms with Crippen LogP contribution in [0.15, 0.2) is 18.2 Å². The highest BCUT2D eigenvalue weighted by molar-refractivity contribution is 5.56. The van der Waals surface area contributed by atoms with Crippen molar-refractivity contribution in [2.45, 2.75) is 32.4 Å². The molecule has 0 aliphatic heterocycles. The monoisotopic (exact) mass is 292 g/mol. The van der Waals surface area contributed by atoms with E-state index in [1.165, 1.54) is 29.7 Å². The summed E-state index contributed by atoms with van der Waals surface area (Å²) in [5.74, 6) is 0. The molecule has 1 aromatic carbocycles. The molecule has 0 bridgehead atoms. The smallest absolute Gasteiger partial charge is 0.0637 e. The van der Waals surface area contributed by atoms with Crippen LogP contribution in [-0.4, -0.2) is 46.6 Å². The van der Waals surface area contributed by atoms with Crippen LogP contribution in [0.3, 0.4) is 0 Å². The van der Waals surface area contributed by atoms with E-state index in [9.17, 15) is 0 Å². The van der Waals surface area contributed by atoms with Gasteiger partial charge in [-0.2, -0.15) is 0 Å². The van der Waals surface area contributed by atoms with Crippen molar-refractivity contribution in [1.82, 2.24) is 5.32 Å². The Morgan fingerprint density at radius 2 is 1.95 bits per heavy atom. The quantitative estimate of drug-likeness (QED) is 0.671. The van der Waals surface area contributed by atoms with Crippen molar-refractivity contribution in [1.29, 1.82) is 0 Å². The minimum absolute atomic E-state index is 0.695. The van der Waals surface area contributed by atoms with Crippen molar-refractivity contribution in [3.8, 4) is 0 Å². The number of nitrogens with zero attached hydrogens (tertiary/aromatic N) is 1. The molecule has 0 amide bonds. The second-order valence-corrected chi connectivity index (χ2v) is 5.72. The van der Waals surface area contributed by atoms with Gasteiger partial charge in [-0.1, -0.05) is 17.7 Å². The molecule has 1 saturated carbocycles. The molecule has 4 heteroatoms. The maximum atomic E-state index is 5.27. The maximum Gasteiger partial charge on any atom is 0.0637 e. The van der Waals surface area contributed by atoms with Gasteiger partial charge in [0.05, 0.1) is 13.2 Å². The van der Waals surface area contributed by atoms with Crippen LogP contribution >= 0.6 is 0 Å². The molecule has 1 aromatic rings. The summed E-state index contributed by atoms with van der Waals surface area (Å²) >= 11 is 0. The molecule has 0 unspecified atom stereocenters. The molecule has 2 rings (SSSR count). The molecule has 1 N–H and O–H groups in total. The summed E-state index contributed by atoms with van der Waals surface area (Å²) in [6.45, 7) is 6.41. The minimum atomic E-state index is 0.695. The number of ether oxygens (including phenoxy) is 2. The van der Waals surface area contributed by atoms with E-state index in [1.54, 1.807) is 14.2 Å². The fourth-order valence-corrected chi connectivity index (χ4v) is 2.61. The largest absolute Gasteiger partial charge is 0.383 e. The van der Waals surface area contributed by atoms with Crippen LogP contribution in [0, 0.1) is 6.92 Å². The Labute approximate surface area is 128 Å². The highest BCUT2D eigenvalue weighted by atomic mass is 16.5. The molecule has 1 aliphatic rings. The Morgan fingerprint density at radius 3 is 2.62 bits per heavy atom. The molecule has 118 valence electrons. The molecule has 0 heterocycles. The lowest BCUT2D eigenvalue weighted by molar-refractivity contribution is 0.199. The number of aryl methyl sites for hydroxylation is 1. The lowest BCUT2D eigenvalue weighted by Gasteiger charge is -2.27. The molecule has 0 saturated heterocycles. The topological polar surface area (TPSA) is 33.7 Å². The van der Waals surface area contributed by atoms with Gasteiger partial charge in [-0.25, -0.2) is 0 Å². The zero-order valence-corrected chi connectivity index (χ0v) is 13.5. The van der Waals surface area contributed by atoms with E-state index >= 15 is 0 Å². The van der Waals surface area contributed by atoms with Crippen LogP contribution in [0.25, 0.3) is 0 Å². The predicted octanol–water partition coefficient (Wildman–Crippen LogP) is 2.35. The first-order valence-electron chi connectivity index (χ1n) is 7.81. The average molecular weight is 292 g/mol. The van der Waals surface area contributed by atoms with Crippen molar-refractivity contribution >= 4 is 5.69 Å². The second kappa shape index (κ2) is 8.37. The van der Waals surface area contributed by atoms with Gasteiger partial charge in [0.25, 0.3) is 0 Å². The normalized spacial score (nSPS) is 14.4. The van der Waals surface area contributed by atoms with Gasteiger partial charge in [-0.05, 0) is 31.4 Å². The van der Waals surface area contributed by atoms with Crippen molar-refractivity contribution in [3.05, 3.63) is 29.3 Å². The summed E-state index contributed by atoms with van der Waals surface area (Å²) in [5.41, 5.74) is 4.03. The molecule has 0 atom stereocenters. The Kier molecular flexibility index (Phi) is 6.49. The van der Waals surface area contributed by atoms with Gasteiger partial charge >= 0.3 is 0 Å². The van der Waals surface area contributed by atoms with Gasteiger partial charge in [0, 0.05) is 45.6 Å². The highest BCUT2D eigenvalue weighted by Gasteiger charge is 2.30. The van der Waals surface area contributed by atoms with Crippen LogP contribution in [0.5, 0.6) is 0 Å². The third kappa shape index (κ3) is 4.99. The summed E-state index contributed by atoms with van der Waals surface area (Å²) in [6, 6.07) is 7.45. The number of hydrogen-bond donors (Lipinski definition) is 1. The minimum Gasteiger partial charge on any atom is -0.383 e. The Balaban J connectivity index is 2.08.